The molecule has 0 saturated carbocycles. The van der Waals surface area contributed by atoms with Crippen LogP contribution in [0.2, 0.25) is 0 Å². The number of sulfonamides is 1. The Morgan fingerprint density at radius 3 is 2.41 bits per heavy atom. The molecular formula is C20H24N4O2S. The largest absolute Gasteiger partial charge is 0.369 e. The van der Waals surface area contributed by atoms with Crippen LogP contribution in [0.5, 0.6) is 0 Å². The van der Waals surface area contributed by atoms with Gasteiger partial charge in [0.05, 0.1) is 15.9 Å². The molecule has 2 aromatic carbocycles. The van der Waals surface area contributed by atoms with E-state index in [2.05, 4.69) is 33.9 Å². The summed E-state index contributed by atoms with van der Waals surface area (Å²) in [7, 11) is -3.43. The van der Waals surface area contributed by atoms with Gasteiger partial charge in [-0.1, -0.05) is 19.1 Å². The number of aromatic nitrogens is 2. The summed E-state index contributed by atoms with van der Waals surface area (Å²) < 4.78 is 27.4. The quantitative estimate of drug-likeness (QED) is 0.751. The van der Waals surface area contributed by atoms with Gasteiger partial charge in [0.2, 0.25) is 10.0 Å². The highest BCUT2D eigenvalue weighted by atomic mass is 32.2. The molecule has 1 saturated heterocycles. The minimum atomic E-state index is -3.43. The Hall–Kier alpha value is -2.38. The zero-order valence-corrected chi connectivity index (χ0v) is 16.5. The Morgan fingerprint density at radius 2 is 1.74 bits per heavy atom. The highest BCUT2D eigenvalue weighted by molar-refractivity contribution is 7.89. The van der Waals surface area contributed by atoms with Crippen molar-refractivity contribution in [1.29, 1.82) is 0 Å². The third-order valence-electron chi connectivity index (χ3n) is 5.16. The molecule has 0 unspecified atom stereocenters. The number of H-pyrrole nitrogens is 1. The van der Waals surface area contributed by atoms with Crippen molar-refractivity contribution in [1.82, 2.24) is 14.3 Å². The number of anilines is 1. The Bertz CT molecular complexity index is 1050. The average molecular weight is 385 g/mol. The molecule has 0 bridgehead atoms. The number of piperazine rings is 1. The summed E-state index contributed by atoms with van der Waals surface area (Å²) in [6, 6.07) is 13.4. The molecule has 6 nitrogen and oxygen atoms in total. The Morgan fingerprint density at radius 1 is 1.04 bits per heavy atom. The third kappa shape index (κ3) is 3.44. The summed E-state index contributed by atoms with van der Waals surface area (Å²) >= 11 is 0. The van der Waals surface area contributed by atoms with E-state index < -0.39 is 10.0 Å². The van der Waals surface area contributed by atoms with Gasteiger partial charge in [-0.2, -0.15) is 4.31 Å². The van der Waals surface area contributed by atoms with Crippen molar-refractivity contribution in [3.05, 3.63) is 53.9 Å². The minimum Gasteiger partial charge on any atom is -0.369 e. The standard InChI is InChI=1S/C20H24N4O2S/c1-3-16-4-7-18(8-5-16)27(25,26)24-12-10-23(11-13-24)17-6-9-19-20(14-17)22-15(2)21-19/h4-9,14H,3,10-13H2,1-2H3,(H,21,22). The lowest BCUT2D eigenvalue weighted by Crippen LogP contribution is -2.48. The first-order valence-corrected chi connectivity index (χ1v) is 10.7. The lowest BCUT2D eigenvalue weighted by molar-refractivity contribution is 0.385. The molecule has 27 heavy (non-hydrogen) atoms. The van der Waals surface area contributed by atoms with Gasteiger partial charge >= 0.3 is 0 Å². The second kappa shape index (κ2) is 6.98. The van der Waals surface area contributed by atoms with Crippen molar-refractivity contribution in [2.45, 2.75) is 25.2 Å². The van der Waals surface area contributed by atoms with Crippen molar-refractivity contribution in [3.63, 3.8) is 0 Å². The average Bonchev–Trinajstić information content (AvgIpc) is 3.07. The van der Waals surface area contributed by atoms with Gasteiger partial charge in [0.25, 0.3) is 0 Å². The molecule has 2 heterocycles. The molecule has 0 amide bonds. The van der Waals surface area contributed by atoms with Gasteiger partial charge in [0.15, 0.2) is 0 Å². The van der Waals surface area contributed by atoms with E-state index >= 15 is 0 Å². The molecule has 0 spiro atoms. The summed E-state index contributed by atoms with van der Waals surface area (Å²) in [5.74, 6) is 0.896. The number of rotatable bonds is 4. The third-order valence-corrected chi connectivity index (χ3v) is 7.07. The topological polar surface area (TPSA) is 69.3 Å². The summed E-state index contributed by atoms with van der Waals surface area (Å²) in [5.41, 5.74) is 4.20. The van der Waals surface area contributed by atoms with E-state index in [-0.39, 0.29) is 0 Å². The molecule has 0 radical (unpaired) electrons. The lowest BCUT2D eigenvalue weighted by atomic mass is 10.2. The van der Waals surface area contributed by atoms with Crippen molar-refractivity contribution in [2.24, 2.45) is 0 Å². The number of hydrogen-bond acceptors (Lipinski definition) is 4. The molecule has 1 aliphatic rings. The van der Waals surface area contributed by atoms with Crippen molar-refractivity contribution < 1.29 is 8.42 Å². The van der Waals surface area contributed by atoms with Crippen molar-refractivity contribution in [2.75, 3.05) is 31.1 Å². The summed E-state index contributed by atoms with van der Waals surface area (Å²) in [6.45, 7) is 6.31. The number of aryl methyl sites for hydroxylation is 2. The number of aromatic amines is 1. The first-order chi connectivity index (χ1) is 13.0. The van der Waals surface area contributed by atoms with Crippen molar-refractivity contribution >= 4 is 26.7 Å². The predicted octanol–water partition coefficient (Wildman–Crippen LogP) is 2.94. The Balaban J connectivity index is 1.48. The number of hydrogen-bond donors (Lipinski definition) is 1. The molecule has 7 heteroatoms. The minimum absolute atomic E-state index is 0.377. The van der Waals surface area contributed by atoms with Crippen LogP contribution in [0.25, 0.3) is 11.0 Å². The second-order valence-corrected chi connectivity index (χ2v) is 8.85. The smallest absolute Gasteiger partial charge is 0.243 e. The molecule has 3 aromatic rings. The summed E-state index contributed by atoms with van der Waals surface area (Å²) in [5, 5.41) is 0. The maximum Gasteiger partial charge on any atom is 0.243 e. The molecule has 0 aliphatic carbocycles. The monoisotopic (exact) mass is 384 g/mol. The predicted molar refractivity (Wildman–Crippen MR) is 108 cm³/mol. The van der Waals surface area contributed by atoms with Crippen LogP contribution >= 0.6 is 0 Å². The highest BCUT2D eigenvalue weighted by Crippen LogP contribution is 2.24. The number of nitrogens with one attached hydrogen (secondary N) is 1. The van der Waals surface area contributed by atoms with Crippen LogP contribution in [0.4, 0.5) is 5.69 Å². The molecule has 1 aliphatic heterocycles. The maximum absolute atomic E-state index is 12.9. The van der Waals surface area contributed by atoms with Gasteiger partial charge in [-0.05, 0) is 49.2 Å². The van der Waals surface area contributed by atoms with Crippen LogP contribution in [-0.2, 0) is 16.4 Å². The van der Waals surface area contributed by atoms with Crippen LogP contribution in [0.15, 0.2) is 47.4 Å². The highest BCUT2D eigenvalue weighted by Gasteiger charge is 2.28. The molecule has 1 N–H and O–H groups in total. The summed E-state index contributed by atoms with van der Waals surface area (Å²) in [4.78, 5) is 10.3. The van der Waals surface area contributed by atoms with E-state index in [1.807, 2.05) is 25.1 Å². The zero-order chi connectivity index (χ0) is 19.0. The molecule has 1 fully saturated rings. The van der Waals surface area contributed by atoms with Crippen LogP contribution in [0, 0.1) is 6.92 Å². The fraction of sp³-hybridized carbons (Fsp3) is 0.350. The van der Waals surface area contributed by atoms with Crippen LogP contribution in [0.3, 0.4) is 0 Å². The molecule has 4 rings (SSSR count). The van der Waals surface area contributed by atoms with Gasteiger partial charge in [0, 0.05) is 31.9 Å². The van der Waals surface area contributed by atoms with Crippen molar-refractivity contribution in [3.8, 4) is 0 Å². The molecule has 0 atom stereocenters. The van der Waals surface area contributed by atoms with Crippen LogP contribution in [-0.4, -0.2) is 48.9 Å². The van der Waals surface area contributed by atoms with E-state index in [0.29, 0.717) is 31.1 Å². The van der Waals surface area contributed by atoms with E-state index in [0.717, 1.165) is 34.5 Å². The fourth-order valence-electron chi connectivity index (χ4n) is 3.55. The van der Waals surface area contributed by atoms with Crippen LogP contribution < -0.4 is 4.90 Å². The van der Waals surface area contributed by atoms with Gasteiger partial charge in [-0.3, -0.25) is 0 Å². The van der Waals surface area contributed by atoms with Crippen LogP contribution in [0.1, 0.15) is 18.3 Å². The number of nitrogens with zero attached hydrogens (tertiary/aromatic N) is 3. The molecular weight excluding hydrogens is 360 g/mol. The Labute approximate surface area is 159 Å². The lowest BCUT2D eigenvalue weighted by Gasteiger charge is -2.35. The summed E-state index contributed by atoms with van der Waals surface area (Å²) in [6.07, 6.45) is 0.902. The number of benzene rings is 2. The second-order valence-electron chi connectivity index (χ2n) is 6.91. The van der Waals surface area contributed by atoms with E-state index in [4.69, 9.17) is 0 Å². The van der Waals surface area contributed by atoms with E-state index in [9.17, 15) is 8.42 Å². The van der Waals surface area contributed by atoms with Gasteiger partial charge in [-0.25, -0.2) is 13.4 Å². The molecule has 142 valence electrons. The van der Waals surface area contributed by atoms with E-state index in [1.54, 1.807) is 16.4 Å². The number of imidazole rings is 1. The van der Waals surface area contributed by atoms with Gasteiger partial charge < -0.3 is 9.88 Å². The SMILES string of the molecule is CCc1ccc(S(=O)(=O)N2CCN(c3ccc4nc(C)[nH]c4c3)CC2)cc1. The zero-order valence-electron chi connectivity index (χ0n) is 15.6. The maximum atomic E-state index is 12.9. The van der Waals surface area contributed by atoms with Gasteiger partial charge in [-0.15, -0.1) is 0 Å². The Kier molecular flexibility index (Phi) is 4.65. The number of fused-ring (bicyclic) bond motifs is 1. The fourth-order valence-corrected chi connectivity index (χ4v) is 4.98. The molecule has 1 aromatic heterocycles. The first-order valence-electron chi connectivity index (χ1n) is 9.28. The normalized spacial score (nSPS) is 16.1. The van der Waals surface area contributed by atoms with Gasteiger partial charge in [0.1, 0.15) is 5.82 Å². The first kappa shape index (κ1) is 18.0. The van der Waals surface area contributed by atoms with E-state index in [1.165, 1.54) is 0 Å².